The van der Waals surface area contributed by atoms with Crippen LogP contribution >= 0.6 is 31.9 Å². The van der Waals surface area contributed by atoms with Crippen molar-refractivity contribution in [3.05, 3.63) is 104 Å². The van der Waals surface area contributed by atoms with Gasteiger partial charge in [-0.2, -0.15) is 0 Å². The van der Waals surface area contributed by atoms with E-state index in [1.54, 1.807) is 0 Å². The molecule has 0 saturated heterocycles. The molecule has 0 saturated carbocycles. The van der Waals surface area contributed by atoms with Gasteiger partial charge in [-0.15, -0.1) is 0 Å². The van der Waals surface area contributed by atoms with E-state index in [-0.39, 0.29) is 0 Å². The summed E-state index contributed by atoms with van der Waals surface area (Å²) in [5.41, 5.74) is 3.69. The Labute approximate surface area is 168 Å². The highest BCUT2D eigenvalue weighted by Gasteiger charge is 2.44. The van der Waals surface area contributed by atoms with E-state index in [0.29, 0.717) is 0 Å². The van der Waals surface area contributed by atoms with Crippen LogP contribution in [0, 0.1) is 0 Å². The number of rotatable bonds is 1. The molecular weight excluding hydrogens is 452 g/mol. The molecule has 0 bridgehead atoms. The van der Waals surface area contributed by atoms with Gasteiger partial charge in [-0.05, 0) is 46.2 Å². The lowest BCUT2D eigenvalue weighted by atomic mass is 9.82. The minimum absolute atomic E-state index is 0.909. The van der Waals surface area contributed by atoms with Gasteiger partial charge in [0, 0.05) is 25.6 Å². The first kappa shape index (κ1) is 16.2. The summed E-state index contributed by atoms with van der Waals surface area (Å²) in [5, 5.41) is 14.4. The maximum atomic E-state index is 12.2. The fourth-order valence-corrected chi connectivity index (χ4v) is 4.80. The SMILES string of the molecule is OC1(c2cccc3ccccc23)c2cc(Br)ccc2-c2ccc(Br)cc21. The summed E-state index contributed by atoms with van der Waals surface area (Å²) in [6, 6.07) is 26.6. The van der Waals surface area contributed by atoms with E-state index in [2.05, 4.69) is 62.2 Å². The fraction of sp³-hybridized carbons (Fsp3) is 0.0435. The normalized spacial score (nSPS) is 14.3. The molecule has 0 aromatic heterocycles. The van der Waals surface area contributed by atoms with E-state index in [1.165, 1.54) is 0 Å². The van der Waals surface area contributed by atoms with Crippen LogP contribution in [0.5, 0.6) is 0 Å². The van der Waals surface area contributed by atoms with Crippen LogP contribution in [0.25, 0.3) is 21.9 Å². The van der Waals surface area contributed by atoms with E-state index >= 15 is 0 Å². The third-order valence-corrected chi connectivity index (χ3v) is 6.20. The molecule has 1 nitrogen and oxygen atoms in total. The topological polar surface area (TPSA) is 20.2 Å². The zero-order valence-electron chi connectivity index (χ0n) is 13.7. The summed E-state index contributed by atoms with van der Waals surface area (Å²) >= 11 is 7.16. The molecule has 1 aliphatic rings. The molecule has 0 radical (unpaired) electrons. The molecule has 5 rings (SSSR count). The van der Waals surface area contributed by atoms with Gasteiger partial charge in [0.05, 0.1) is 0 Å². The number of aliphatic hydroxyl groups is 1. The van der Waals surface area contributed by atoms with Gasteiger partial charge in [0.25, 0.3) is 0 Å². The fourth-order valence-electron chi connectivity index (χ4n) is 4.08. The second-order valence-corrected chi connectivity index (χ2v) is 8.45. The van der Waals surface area contributed by atoms with Gasteiger partial charge in [-0.3, -0.25) is 0 Å². The van der Waals surface area contributed by atoms with Crippen molar-refractivity contribution in [2.75, 3.05) is 0 Å². The van der Waals surface area contributed by atoms with E-state index in [1.807, 2.05) is 48.5 Å². The quantitative estimate of drug-likeness (QED) is 0.334. The largest absolute Gasteiger partial charge is 0.376 e. The van der Waals surface area contributed by atoms with Crippen LogP contribution in [-0.2, 0) is 5.60 Å². The number of fused-ring (bicyclic) bond motifs is 4. The van der Waals surface area contributed by atoms with Gasteiger partial charge in [0.15, 0.2) is 0 Å². The van der Waals surface area contributed by atoms with Crippen molar-refractivity contribution in [3.63, 3.8) is 0 Å². The first-order valence-corrected chi connectivity index (χ1v) is 9.99. The zero-order valence-corrected chi connectivity index (χ0v) is 16.9. The molecule has 1 N–H and O–H groups in total. The minimum atomic E-state index is -1.20. The second kappa shape index (κ2) is 5.78. The summed E-state index contributed by atoms with van der Waals surface area (Å²) < 4.78 is 1.92. The monoisotopic (exact) mass is 464 g/mol. The van der Waals surface area contributed by atoms with Gasteiger partial charge in [0.2, 0.25) is 0 Å². The lowest BCUT2D eigenvalue weighted by Crippen LogP contribution is -2.26. The van der Waals surface area contributed by atoms with Gasteiger partial charge in [-0.1, -0.05) is 86.5 Å². The van der Waals surface area contributed by atoms with Crippen LogP contribution in [-0.4, -0.2) is 5.11 Å². The molecule has 4 aromatic carbocycles. The third-order valence-electron chi connectivity index (χ3n) is 5.21. The number of benzene rings is 4. The van der Waals surface area contributed by atoms with Crippen molar-refractivity contribution in [3.8, 4) is 11.1 Å². The average molecular weight is 466 g/mol. The minimum Gasteiger partial charge on any atom is -0.376 e. The second-order valence-electron chi connectivity index (χ2n) is 6.62. The van der Waals surface area contributed by atoms with Gasteiger partial charge < -0.3 is 5.11 Å². The van der Waals surface area contributed by atoms with Gasteiger partial charge in [0.1, 0.15) is 5.60 Å². The Balaban J connectivity index is 1.94. The molecule has 0 heterocycles. The van der Waals surface area contributed by atoms with Crippen LogP contribution in [0.1, 0.15) is 16.7 Å². The molecule has 0 fully saturated rings. The van der Waals surface area contributed by atoms with E-state index in [4.69, 9.17) is 0 Å². The smallest absolute Gasteiger partial charge is 0.142 e. The van der Waals surface area contributed by atoms with E-state index in [0.717, 1.165) is 47.5 Å². The molecule has 1 aliphatic carbocycles. The molecule has 0 spiro atoms. The molecule has 126 valence electrons. The summed E-state index contributed by atoms with van der Waals surface area (Å²) in [4.78, 5) is 0. The van der Waals surface area contributed by atoms with Crippen LogP contribution in [0.3, 0.4) is 0 Å². The van der Waals surface area contributed by atoms with Crippen LogP contribution < -0.4 is 0 Å². The Hall–Kier alpha value is -1.94. The Morgan fingerprint density at radius 1 is 0.615 bits per heavy atom. The van der Waals surface area contributed by atoms with Crippen molar-refractivity contribution in [2.45, 2.75) is 5.60 Å². The highest BCUT2D eigenvalue weighted by atomic mass is 79.9. The molecule has 0 atom stereocenters. The van der Waals surface area contributed by atoms with Crippen molar-refractivity contribution in [2.24, 2.45) is 0 Å². The maximum Gasteiger partial charge on any atom is 0.142 e. The first-order chi connectivity index (χ1) is 12.6. The first-order valence-electron chi connectivity index (χ1n) is 8.40. The highest BCUT2D eigenvalue weighted by molar-refractivity contribution is 9.10. The summed E-state index contributed by atoms with van der Waals surface area (Å²) in [6.07, 6.45) is 0. The van der Waals surface area contributed by atoms with Crippen LogP contribution in [0.4, 0.5) is 0 Å². The molecule has 0 aliphatic heterocycles. The van der Waals surface area contributed by atoms with Crippen molar-refractivity contribution in [1.29, 1.82) is 0 Å². The molecular formula is C23H14Br2O. The lowest BCUT2D eigenvalue weighted by molar-refractivity contribution is 0.132. The Bertz CT molecular complexity index is 1120. The predicted octanol–water partition coefficient (Wildman–Crippen LogP) is 6.63. The standard InChI is InChI=1S/C23H14Br2O/c24-15-8-10-18-19-11-9-16(25)13-22(19)23(26,21(18)12-15)20-7-3-5-14-4-1-2-6-17(14)20/h1-13,26H. The molecule has 26 heavy (non-hydrogen) atoms. The van der Waals surface area contributed by atoms with Crippen LogP contribution in [0.2, 0.25) is 0 Å². The molecule has 0 unspecified atom stereocenters. The maximum absolute atomic E-state index is 12.2. The molecule has 0 amide bonds. The van der Waals surface area contributed by atoms with Gasteiger partial charge >= 0.3 is 0 Å². The summed E-state index contributed by atoms with van der Waals surface area (Å²) in [6.45, 7) is 0. The van der Waals surface area contributed by atoms with Crippen LogP contribution in [0.15, 0.2) is 87.8 Å². The summed E-state index contributed by atoms with van der Waals surface area (Å²) in [7, 11) is 0. The number of hydrogen-bond acceptors (Lipinski definition) is 1. The lowest BCUT2D eigenvalue weighted by Gasteiger charge is -2.28. The third kappa shape index (κ3) is 2.18. The van der Waals surface area contributed by atoms with Crippen molar-refractivity contribution >= 4 is 42.6 Å². The number of hydrogen-bond donors (Lipinski definition) is 1. The van der Waals surface area contributed by atoms with Crippen molar-refractivity contribution < 1.29 is 5.11 Å². The number of halogens is 2. The predicted molar refractivity (Wildman–Crippen MR) is 113 cm³/mol. The Kier molecular flexibility index (Phi) is 3.61. The zero-order chi connectivity index (χ0) is 17.9. The van der Waals surface area contributed by atoms with Crippen molar-refractivity contribution in [1.82, 2.24) is 0 Å². The van der Waals surface area contributed by atoms with Gasteiger partial charge in [-0.25, -0.2) is 0 Å². The highest BCUT2D eigenvalue weighted by Crippen LogP contribution is 2.53. The molecule has 3 heteroatoms. The summed E-state index contributed by atoms with van der Waals surface area (Å²) in [5.74, 6) is 0. The Morgan fingerprint density at radius 2 is 1.19 bits per heavy atom. The molecule has 4 aromatic rings. The Morgan fingerprint density at radius 3 is 1.85 bits per heavy atom. The van der Waals surface area contributed by atoms with E-state index in [9.17, 15) is 5.11 Å². The average Bonchev–Trinajstić information content (AvgIpc) is 2.90. The van der Waals surface area contributed by atoms with E-state index < -0.39 is 5.60 Å².